The molecule has 28 heavy (non-hydrogen) atoms. The minimum Gasteiger partial charge on any atom is -0.348 e. The lowest BCUT2D eigenvalue weighted by Crippen LogP contribution is -2.42. The molecule has 154 valence electrons. The monoisotopic (exact) mass is 385 g/mol. The smallest absolute Gasteiger partial charge is 0.234 e. The second-order valence-electron chi connectivity index (χ2n) is 8.40. The molecular weight excluding hydrogens is 350 g/mol. The van der Waals surface area contributed by atoms with Gasteiger partial charge in [0, 0.05) is 19.5 Å². The van der Waals surface area contributed by atoms with Gasteiger partial charge in [-0.15, -0.1) is 0 Å². The van der Waals surface area contributed by atoms with E-state index in [4.69, 9.17) is 0 Å². The van der Waals surface area contributed by atoms with Gasteiger partial charge in [0.25, 0.3) is 0 Å². The number of benzene rings is 1. The number of hydrogen-bond donors (Lipinski definition) is 1. The molecule has 1 unspecified atom stereocenters. The van der Waals surface area contributed by atoms with Crippen LogP contribution in [0.15, 0.2) is 24.3 Å². The molecule has 0 bridgehead atoms. The molecule has 2 aliphatic heterocycles. The van der Waals surface area contributed by atoms with Gasteiger partial charge < -0.3 is 10.2 Å². The number of amides is 2. The molecule has 5 nitrogen and oxygen atoms in total. The minimum absolute atomic E-state index is 0.0222. The molecule has 1 N–H and O–H groups in total. The number of aryl methyl sites for hydroxylation is 1. The third-order valence-corrected chi connectivity index (χ3v) is 6.26. The van der Waals surface area contributed by atoms with E-state index in [1.807, 2.05) is 11.8 Å². The van der Waals surface area contributed by atoms with Crippen LogP contribution in [0.3, 0.4) is 0 Å². The molecule has 0 aliphatic carbocycles. The quantitative estimate of drug-likeness (QED) is 0.784. The van der Waals surface area contributed by atoms with Gasteiger partial charge in [-0.2, -0.15) is 0 Å². The van der Waals surface area contributed by atoms with Crippen LogP contribution in [0.25, 0.3) is 0 Å². The Morgan fingerprint density at radius 1 is 1.07 bits per heavy atom. The molecular formula is C23H35N3O2. The molecule has 0 spiro atoms. The molecule has 3 rings (SSSR count). The zero-order valence-corrected chi connectivity index (χ0v) is 17.5. The summed E-state index contributed by atoms with van der Waals surface area (Å²) in [7, 11) is 0. The summed E-state index contributed by atoms with van der Waals surface area (Å²) in [6.45, 7) is 8.33. The lowest BCUT2D eigenvalue weighted by molar-refractivity contribution is -0.131. The first kappa shape index (κ1) is 20.8. The first-order chi connectivity index (χ1) is 13.5. The maximum absolute atomic E-state index is 12.4. The lowest BCUT2D eigenvalue weighted by Gasteiger charge is -2.32. The fourth-order valence-electron chi connectivity index (χ4n) is 4.31. The van der Waals surface area contributed by atoms with Crippen molar-refractivity contribution in [1.82, 2.24) is 15.1 Å². The van der Waals surface area contributed by atoms with Gasteiger partial charge in [0.1, 0.15) is 0 Å². The van der Waals surface area contributed by atoms with Gasteiger partial charge in [-0.25, -0.2) is 0 Å². The van der Waals surface area contributed by atoms with E-state index in [1.54, 1.807) is 0 Å². The van der Waals surface area contributed by atoms with Gasteiger partial charge in [-0.3, -0.25) is 14.5 Å². The molecule has 2 saturated heterocycles. The number of nitrogens with zero attached hydrogens (tertiary/aromatic N) is 2. The van der Waals surface area contributed by atoms with Gasteiger partial charge >= 0.3 is 0 Å². The molecule has 1 aromatic carbocycles. The van der Waals surface area contributed by atoms with E-state index >= 15 is 0 Å². The van der Waals surface area contributed by atoms with E-state index in [0.29, 0.717) is 24.8 Å². The largest absolute Gasteiger partial charge is 0.348 e. The summed E-state index contributed by atoms with van der Waals surface area (Å²) in [5.74, 6) is 0.888. The Bertz CT molecular complexity index is 644. The number of carbonyl (C=O) groups excluding carboxylic acids is 2. The van der Waals surface area contributed by atoms with Crippen molar-refractivity contribution in [2.75, 3.05) is 32.7 Å². The van der Waals surface area contributed by atoms with Crippen molar-refractivity contribution in [3.8, 4) is 0 Å². The lowest BCUT2D eigenvalue weighted by atomic mass is 9.93. The number of carbonyl (C=O) groups is 2. The van der Waals surface area contributed by atoms with Crippen LogP contribution < -0.4 is 5.32 Å². The number of hydrogen-bond acceptors (Lipinski definition) is 3. The first-order valence-electron chi connectivity index (χ1n) is 10.9. The maximum Gasteiger partial charge on any atom is 0.234 e. The van der Waals surface area contributed by atoms with Crippen molar-refractivity contribution in [3.05, 3.63) is 35.4 Å². The fraction of sp³-hybridized carbons (Fsp3) is 0.652. The second kappa shape index (κ2) is 10.1. The number of likely N-dealkylation sites (tertiary alicyclic amines) is 2. The molecule has 1 aromatic rings. The van der Waals surface area contributed by atoms with Gasteiger partial charge in [-0.05, 0) is 69.2 Å². The van der Waals surface area contributed by atoms with Crippen LogP contribution in [0.4, 0.5) is 0 Å². The Hall–Kier alpha value is -1.88. The molecule has 2 amide bonds. The van der Waals surface area contributed by atoms with Crippen LogP contribution in [0.2, 0.25) is 0 Å². The SMILES string of the molecule is CCc1ccc(C(C)NC(=O)CN2CCC(CC(=O)N3CCCC3)CC2)cc1. The highest BCUT2D eigenvalue weighted by molar-refractivity contribution is 5.78. The summed E-state index contributed by atoms with van der Waals surface area (Å²) >= 11 is 0. The Balaban J connectivity index is 1.37. The Kier molecular flexibility index (Phi) is 7.49. The Morgan fingerprint density at radius 3 is 2.32 bits per heavy atom. The summed E-state index contributed by atoms with van der Waals surface area (Å²) in [6, 6.07) is 8.49. The molecule has 0 radical (unpaired) electrons. The molecule has 0 aromatic heterocycles. The van der Waals surface area contributed by atoms with E-state index in [2.05, 4.69) is 41.4 Å². The van der Waals surface area contributed by atoms with Crippen LogP contribution in [0.5, 0.6) is 0 Å². The summed E-state index contributed by atoms with van der Waals surface area (Å²) < 4.78 is 0. The topological polar surface area (TPSA) is 52.7 Å². The van der Waals surface area contributed by atoms with Gasteiger partial charge in [0.15, 0.2) is 0 Å². The van der Waals surface area contributed by atoms with Gasteiger partial charge in [0.2, 0.25) is 11.8 Å². The number of piperidine rings is 1. The van der Waals surface area contributed by atoms with E-state index < -0.39 is 0 Å². The van der Waals surface area contributed by atoms with Crippen LogP contribution in [0.1, 0.15) is 63.1 Å². The number of nitrogens with one attached hydrogen (secondary N) is 1. The van der Waals surface area contributed by atoms with E-state index in [-0.39, 0.29) is 11.9 Å². The summed E-state index contributed by atoms with van der Waals surface area (Å²) in [4.78, 5) is 29.0. The average molecular weight is 386 g/mol. The minimum atomic E-state index is 0.0222. The molecule has 2 heterocycles. The van der Waals surface area contributed by atoms with E-state index in [1.165, 1.54) is 5.56 Å². The predicted octanol–water partition coefficient (Wildman–Crippen LogP) is 3.15. The third kappa shape index (κ3) is 5.81. The molecule has 1 atom stereocenters. The maximum atomic E-state index is 12.4. The van der Waals surface area contributed by atoms with Crippen molar-refractivity contribution in [3.63, 3.8) is 0 Å². The summed E-state index contributed by atoms with van der Waals surface area (Å²) in [6.07, 6.45) is 6.05. The van der Waals surface area contributed by atoms with Crippen molar-refractivity contribution in [2.45, 2.75) is 58.4 Å². The highest BCUT2D eigenvalue weighted by atomic mass is 16.2. The molecule has 2 aliphatic rings. The average Bonchev–Trinajstić information content (AvgIpc) is 3.24. The van der Waals surface area contributed by atoms with Crippen molar-refractivity contribution >= 4 is 11.8 Å². The van der Waals surface area contributed by atoms with Crippen LogP contribution in [-0.2, 0) is 16.0 Å². The molecule has 0 saturated carbocycles. The fourth-order valence-corrected chi connectivity index (χ4v) is 4.31. The number of rotatable bonds is 7. The highest BCUT2D eigenvalue weighted by Gasteiger charge is 2.26. The Labute approximate surface area is 169 Å². The zero-order chi connectivity index (χ0) is 19.9. The molecule has 2 fully saturated rings. The zero-order valence-electron chi connectivity index (χ0n) is 17.5. The molecule has 5 heteroatoms. The Morgan fingerprint density at radius 2 is 1.71 bits per heavy atom. The first-order valence-corrected chi connectivity index (χ1v) is 10.9. The van der Waals surface area contributed by atoms with Crippen molar-refractivity contribution in [2.24, 2.45) is 5.92 Å². The normalized spacial score (nSPS) is 19.6. The van der Waals surface area contributed by atoms with Crippen LogP contribution >= 0.6 is 0 Å². The third-order valence-electron chi connectivity index (χ3n) is 6.26. The van der Waals surface area contributed by atoms with E-state index in [9.17, 15) is 9.59 Å². The second-order valence-corrected chi connectivity index (χ2v) is 8.40. The summed E-state index contributed by atoms with van der Waals surface area (Å²) in [5.41, 5.74) is 2.46. The van der Waals surface area contributed by atoms with Crippen LogP contribution in [0, 0.1) is 5.92 Å². The standard InChI is InChI=1S/C23H35N3O2/c1-3-19-6-8-21(9-7-19)18(2)24-22(27)17-25-14-10-20(11-15-25)16-23(28)26-12-4-5-13-26/h6-9,18,20H,3-5,10-17H2,1-2H3,(H,24,27). The van der Waals surface area contributed by atoms with Crippen molar-refractivity contribution < 1.29 is 9.59 Å². The summed E-state index contributed by atoms with van der Waals surface area (Å²) in [5, 5.41) is 3.12. The van der Waals surface area contributed by atoms with E-state index in [0.717, 1.165) is 63.8 Å². The van der Waals surface area contributed by atoms with Gasteiger partial charge in [-0.1, -0.05) is 31.2 Å². The predicted molar refractivity (Wildman–Crippen MR) is 112 cm³/mol. The highest BCUT2D eigenvalue weighted by Crippen LogP contribution is 2.22. The van der Waals surface area contributed by atoms with Crippen LogP contribution in [-0.4, -0.2) is 54.3 Å². The van der Waals surface area contributed by atoms with Gasteiger partial charge in [0.05, 0.1) is 12.6 Å². The van der Waals surface area contributed by atoms with Crippen molar-refractivity contribution in [1.29, 1.82) is 0 Å².